The predicted molar refractivity (Wildman–Crippen MR) is 47.9 cm³/mol. The predicted octanol–water partition coefficient (Wildman–Crippen LogP) is 2.52. The molecule has 0 unspecified atom stereocenters. The van der Waals surface area contributed by atoms with Crippen molar-refractivity contribution in [3.63, 3.8) is 0 Å². The summed E-state index contributed by atoms with van der Waals surface area (Å²) in [7, 11) is 0. The van der Waals surface area contributed by atoms with E-state index >= 15 is 0 Å². The largest absolute Gasteiger partial charge is 0.481 e. The van der Waals surface area contributed by atoms with Crippen LogP contribution in [0.15, 0.2) is 23.8 Å². The topological polar surface area (TPSA) is 37.3 Å². The van der Waals surface area contributed by atoms with E-state index < -0.39 is 5.97 Å². The van der Waals surface area contributed by atoms with Crippen LogP contribution in [0.4, 0.5) is 0 Å². The Kier molecular flexibility index (Phi) is 3.58. The molecule has 0 aromatic carbocycles. The first-order valence-electron chi connectivity index (χ1n) is 4.35. The second kappa shape index (κ2) is 4.75. The van der Waals surface area contributed by atoms with Crippen molar-refractivity contribution in [2.24, 2.45) is 0 Å². The van der Waals surface area contributed by atoms with Crippen LogP contribution in [0.25, 0.3) is 0 Å². The van der Waals surface area contributed by atoms with Gasteiger partial charge in [0.2, 0.25) is 0 Å². The monoisotopic (exact) mass is 166 g/mol. The van der Waals surface area contributed by atoms with Gasteiger partial charge >= 0.3 is 5.97 Å². The van der Waals surface area contributed by atoms with Gasteiger partial charge in [-0.05, 0) is 25.7 Å². The first kappa shape index (κ1) is 9.04. The molecular weight excluding hydrogens is 152 g/mol. The molecule has 0 heterocycles. The number of aliphatic carboxylic acids is 1. The van der Waals surface area contributed by atoms with E-state index in [9.17, 15) is 4.79 Å². The maximum absolute atomic E-state index is 10.3. The Labute approximate surface area is 72.6 Å². The summed E-state index contributed by atoms with van der Waals surface area (Å²) in [5.41, 5.74) is 1.27. The van der Waals surface area contributed by atoms with Crippen molar-refractivity contribution in [1.82, 2.24) is 0 Å². The van der Waals surface area contributed by atoms with Gasteiger partial charge in [-0.1, -0.05) is 23.8 Å². The summed E-state index contributed by atoms with van der Waals surface area (Å²) in [6.45, 7) is 0. The van der Waals surface area contributed by atoms with Crippen LogP contribution >= 0.6 is 0 Å². The van der Waals surface area contributed by atoms with Crippen LogP contribution in [-0.4, -0.2) is 11.1 Å². The molecule has 0 aliphatic heterocycles. The number of rotatable bonds is 3. The molecule has 1 aliphatic rings. The minimum absolute atomic E-state index is 0.264. The lowest BCUT2D eigenvalue weighted by Gasteiger charge is -2.01. The van der Waals surface area contributed by atoms with Crippen LogP contribution in [0.5, 0.6) is 0 Å². The highest BCUT2D eigenvalue weighted by molar-refractivity contribution is 5.67. The number of carboxylic acids is 1. The molecule has 0 bridgehead atoms. The molecule has 0 radical (unpaired) electrons. The highest BCUT2D eigenvalue weighted by atomic mass is 16.4. The van der Waals surface area contributed by atoms with Gasteiger partial charge in [0.05, 0.1) is 0 Å². The quantitative estimate of drug-likeness (QED) is 0.699. The summed E-state index contributed by atoms with van der Waals surface area (Å²) in [5, 5.41) is 8.47. The molecule has 0 spiro atoms. The van der Waals surface area contributed by atoms with E-state index in [-0.39, 0.29) is 6.42 Å². The fourth-order valence-electron chi connectivity index (χ4n) is 1.31. The Morgan fingerprint density at radius 2 is 2.42 bits per heavy atom. The van der Waals surface area contributed by atoms with Crippen molar-refractivity contribution in [3.05, 3.63) is 23.8 Å². The molecule has 0 fully saturated rings. The summed E-state index contributed by atoms with van der Waals surface area (Å²) in [6, 6.07) is 0. The molecule has 0 aromatic rings. The fourth-order valence-corrected chi connectivity index (χ4v) is 1.31. The minimum Gasteiger partial charge on any atom is -0.481 e. The molecular formula is C10H14O2. The zero-order chi connectivity index (χ0) is 8.81. The van der Waals surface area contributed by atoms with Gasteiger partial charge in [0.1, 0.15) is 0 Å². The van der Waals surface area contributed by atoms with Crippen molar-refractivity contribution >= 4 is 5.97 Å². The molecule has 12 heavy (non-hydrogen) atoms. The third-order valence-electron chi connectivity index (χ3n) is 2.00. The Morgan fingerprint density at radius 3 is 3.17 bits per heavy atom. The van der Waals surface area contributed by atoms with Crippen molar-refractivity contribution in [1.29, 1.82) is 0 Å². The van der Waals surface area contributed by atoms with Gasteiger partial charge in [0.15, 0.2) is 0 Å². The first-order valence-corrected chi connectivity index (χ1v) is 4.35. The lowest BCUT2D eigenvalue weighted by Crippen LogP contribution is -1.95. The van der Waals surface area contributed by atoms with Crippen LogP contribution in [0, 0.1) is 0 Å². The fraction of sp³-hybridized carbons (Fsp3) is 0.500. The molecule has 0 atom stereocenters. The zero-order valence-corrected chi connectivity index (χ0v) is 7.12. The number of carboxylic acid groups (broad SMARTS) is 1. The Bertz CT molecular complexity index is 214. The van der Waals surface area contributed by atoms with Gasteiger partial charge in [0, 0.05) is 6.42 Å². The van der Waals surface area contributed by atoms with Crippen LogP contribution in [0.3, 0.4) is 0 Å². The average Bonchev–Trinajstić information content (AvgIpc) is 2.28. The number of carbonyl (C=O) groups is 1. The maximum Gasteiger partial charge on any atom is 0.303 e. The highest BCUT2D eigenvalue weighted by Gasteiger charge is 2.02. The number of hydrogen-bond acceptors (Lipinski definition) is 1. The lowest BCUT2D eigenvalue weighted by atomic mass is 10.1. The normalized spacial score (nSPS) is 16.8. The van der Waals surface area contributed by atoms with Gasteiger partial charge in [-0.2, -0.15) is 0 Å². The van der Waals surface area contributed by atoms with Crippen LogP contribution < -0.4 is 0 Å². The van der Waals surface area contributed by atoms with E-state index in [0.717, 1.165) is 19.3 Å². The molecule has 66 valence electrons. The molecule has 1 N–H and O–H groups in total. The summed E-state index contributed by atoms with van der Waals surface area (Å²) in [6.07, 6.45) is 10.5. The van der Waals surface area contributed by atoms with E-state index in [1.807, 2.05) is 6.08 Å². The minimum atomic E-state index is -0.705. The summed E-state index contributed by atoms with van der Waals surface area (Å²) in [5.74, 6) is -0.705. The van der Waals surface area contributed by atoms with Gasteiger partial charge in [-0.15, -0.1) is 0 Å². The van der Waals surface area contributed by atoms with Gasteiger partial charge in [-0.3, -0.25) is 4.79 Å². The zero-order valence-electron chi connectivity index (χ0n) is 7.12. The van der Waals surface area contributed by atoms with Crippen molar-refractivity contribution in [2.75, 3.05) is 0 Å². The molecule has 0 amide bonds. The Hall–Kier alpha value is -1.05. The molecule has 0 aromatic heterocycles. The summed E-state index contributed by atoms with van der Waals surface area (Å²) >= 11 is 0. The maximum atomic E-state index is 10.3. The molecule has 0 saturated carbocycles. The molecule has 1 aliphatic carbocycles. The van der Waals surface area contributed by atoms with Crippen molar-refractivity contribution < 1.29 is 9.90 Å². The SMILES string of the molecule is O=C(O)CCC1=CC=CCCC1. The van der Waals surface area contributed by atoms with E-state index in [4.69, 9.17) is 5.11 Å². The Balaban J connectivity index is 2.35. The lowest BCUT2D eigenvalue weighted by molar-refractivity contribution is -0.136. The third kappa shape index (κ3) is 3.37. The second-order valence-electron chi connectivity index (χ2n) is 3.04. The average molecular weight is 166 g/mol. The van der Waals surface area contributed by atoms with Crippen molar-refractivity contribution in [2.45, 2.75) is 32.1 Å². The van der Waals surface area contributed by atoms with Gasteiger partial charge in [-0.25, -0.2) is 0 Å². The Morgan fingerprint density at radius 1 is 1.58 bits per heavy atom. The van der Waals surface area contributed by atoms with Crippen molar-refractivity contribution in [3.8, 4) is 0 Å². The van der Waals surface area contributed by atoms with E-state index in [1.165, 1.54) is 5.57 Å². The summed E-state index contributed by atoms with van der Waals surface area (Å²) in [4.78, 5) is 10.3. The van der Waals surface area contributed by atoms with E-state index in [2.05, 4.69) is 12.2 Å². The summed E-state index contributed by atoms with van der Waals surface area (Å²) < 4.78 is 0. The van der Waals surface area contributed by atoms with Crippen LogP contribution in [-0.2, 0) is 4.79 Å². The molecule has 1 rings (SSSR count). The number of hydrogen-bond donors (Lipinski definition) is 1. The first-order chi connectivity index (χ1) is 5.79. The molecule has 2 heteroatoms. The molecule has 0 saturated heterocycles. The standard InChI is InChI=1S/C10H14O2/c11-10(12)8-7-9-5-3-1-2-4-6-9/h1,3,5H,2,4,6-8H2,(H,11,12). The van der Waals surface area contributed by atoms with Crippen LogP contribution in [0.1, 0.15) is 32.1 Å². The second-order valence-corrected chi connectivity index (χ2v) is 3.04. The molecule has 2 nitrogen and oxygen atoms in total. The van der Waals surface area contributed by atoms with E-state index in [1.54, 1.807) is 0 Å². The van der Waals surface area contributed by atoms with Crippen LogP contribution in [0.2, 0.25) is 0 Å². The third-order valence-corrected chi connectivity index (χ3v) is 2.00. The smallest absolute Gasteiger partial charge is 0.303 e. The van der Waals surface area contributed by atoms with Gasteiger partial charge < -0.3 is 5.11 Å². The van der Waals surface area contributed by atoms with E-state index in [0.29, 0.717) is 6.42 Å². The number of allylic oxidation sites excluding steroid dienone is 4. The highest BCUT2D eigenvalue weighted by Crippen LogP contribution is 2.16. The van der Waals surface area contributed by atoms with Gasteiger partial charge in [0.25, 0.3) is 0 Å².